The molecule has 0 aliphatic rings. The summed E-state index contributed by atoms with van der Waals surface area (Å²) in [6.07, 6.45) is 3.31. The minimum absolute atomic E-state index is 0. The molecule has 4 nitrogen and oxygen atoms in total. The Labute approximate surface area is 147 Å². The van der Waals surface area contributed by atoms with Gasteiger partial charge in [0, 0.05) is 40.6 Å². The molecule has 2 aromatic carbocycles. The number of hydrogen-bond donors (Lipinski definition) is 2. The van der Waals surface area contributed by atoms with Crippen molar-refractivity contribution >= 4 is 12.4 Å². The van der Waals surface area contributed by atoms with Crippen LogP contribution in [-0.4, -0.2) is 35.7 Å². The number of phenols is 2. The van der Waals surface area contributed by atoms with Gasteiger partial charge in [-0.1, -0.05) is 23.3 Å². The molecule has 2 N–H and O–H groups in total. The van der Waals surface area contributed by atoms with E-state index in [0.29, 0.717) is 24.2 Å². The quantitative estimate of drug-likeness (QED) is 0.489. The number of hydrogen-bond acceptors (Lipinski definition) is 4. The molecule has 2 rings (SSSR count). The van der Waals surface area contributed by atoms with Crippen molar-refractivity contribution in [2.75, 3.05) is 13.1 Å². The van der Waals surface area contributed by atoms with Gasteiger partial charge in [0.25, 0.3) is 0 Å². The molecule has 125 valence electrons. The third-order valence-electron chi connectivity index (χ3n) is 3.19. The molecule has 0 fully saturated rings. The van der Waals surface area contributed by atoms with Crippen molar-refractivity contribution in [3.8, 4) is 11.5 Å². The van der Waals surface area contributed by atoms with E-state index < -0.39 is 0 Å². The number of aliphatic imine (C=N–C) groups is 2. The molecule has 0 amide bonds. The Bertz CT molecular complexity index is 651. The molecule has 0 atom stereocenters. The predicted molar refractivity (Wildman–Crippen MR) is 90.6 cm³/mol. The molecule has 2 aromatic rings. The fraction of sp³-hybridized carbons (Fsp3) is 0.222. The number of phenolic OH excluding ortho intramolecular Hbond substituents is 2. The summed E-state index contributed by atoms with van der Waals surface area (Å²) in [4.78, 5) is 8.51. The topological polar surface area (TPSA) is 65.2 Å². The average molecular weight is 360 g/mol. The van der Waals surface area contributed by atoms with Crippen molar-refractivity contribution in [1.29, 1.82) is 0 Å². The van der Waals surface area contributed by atoms with Gasteiger partial charge in [-0.2, -0.15) is 0 Å². The number of benzene rings is 2. The molecule has 0 aromatic heterocycles. The molecule has 0 aliphatic carbocycles. The molecule has 0 saturated heterocycles. The molecule has 0 aliphatic heterocycles. The van der Waals surface area contributed by atoms with E-state index in [9.17, 15) is 10.2 Å². The van der Waals surface area contributed by atoms with E-state index in [2.05, 4.69) is 9.98 Å². The normalized spacial score (nSPS) is 11.0. The van der Waals surface area contributed by atoms with E-state index in [4.69, 9.17) is 0 Å². The second kappa shape index (κ2) is 9.13. The van der Waals surface area contributed by atoms with Crippen LogP contribution in [-0.2, 0) is 17.1 Å². The van der Waals surface area contributed by atoms with Crippen LogP contribution in [0.3, 0.4) is 0 Å². The Morgan fingerprint density at radius 2 is 1.17 bits per heavy atom. The smallest absolute Gasteiger partial charge is 0.124 e. The van der Waals surface area contributed by atoms with Crippen LogP contribution in [0.5, 0.6) is 11.5 Å². The Morgan fingerprint density at radius 1 is 0.783 bits per heavy atom. The van der Waals surface area contributed by atoms with E-state index >= 15 is 0 Å². The van der Waals surface area contributed by atoms with Gasteiger partial charge < -0.3 is 10.2 Å². The summed E-state index contributed by atoms with van der Waals surface area (Å²) in [5.74, 6) is 0.449. The van der Waals surface area contributed by atoms with Gasteiger partial charge in [-0.3, -0.25) is 9.98 Å². The first-order valence-electron chi connectivity index (χ1n) is 7.15. The Hall–Kier alpha value is -2.10. The maximum absolute atomic E-state index is 9.69. The number of aryl methyl sites for hydroxylation is 2. The van der Waals surface area contributed by atoms with E-state index in [1.165, 1.54) is 0 Å². The first-order chi connectivity index (χ1) is 10.6. The van der Waals surface area contributed by atoms with Crippen LogP contribution >= 0.6 is 0 Å². The molecular weight excluding hydrogens is 340 g/mol. The Balaban J connectivity index is 0.00000264. The summed E-state index contributed by atoms with van der Waals surface area (Å²) in [6.45, 7) is 4.98. The van der Waals surface area contributed by atoms with E-state index in [1.807, 2.05) is 38.1 Å². The molecule has 1 radical (unpaired) electrons. The molecule has 0 saturated carbocycles. The van der Waals surface area contributed by atoms with Gasteiger partial charge >= 0.3 is 0 Å². The molecular formula is C18H20CuN2O2. The van der Waals surface area contributed by atoms with Crippen LogP contribution in [0.4, 0.5) is 0 Å². The third-order valence-corrected chi connectivity index (χ3v) is 3.19. The zero-order valence-corrected chi connectivity index (χ0v) is 14.1. The van der Waals surface area contributed by atoms with Crippen LogP contribution in [0.2, 0.25) is 0 Å². The SMILES string of the molecule is Cc1ccc(O)c(C=NCCN=Cc2cc(C)ccc2O)c1.[Cu]. The van der Waals surface area contributed by atoms with Crippen LogP contribution in [0, 0.1) is 13.8 Å². The maximum atomic E-state index is 9.69. The molecule has 0 unspecified atom stereocenters. The van der Waals surface area contributed by atoms with Gasteiger partial charge in [0.15, 0.2) is 0 Å². The third kappa shape index (κ3) is 5.89. The largest absolute Gasteiger partial charge is 0.507 e. The monoisotopic (exact) mass is 359 g/mol. The van der Waals surface area contributed by atoms with E-state index in [0.717, 1.165) is 11.1 Å². The van der Waals surface area contributed by atoms with Crippen molar-refractivity contribution < 1.29 is 27.3 Å². The molecule has 0 spiro atoms. The standard InChI is InChI=1S/C18H20N2O2.Cu/c1-13-3-5-17(21)15(9-13)11-19-7-8-20-12-16-10-14(2)4-6-18(16)22;/h3-6,9-12,21-22H,7-8H2,1-2H3;. The summed E-state index contributed by atoms with van der Waals surface area (Å²) in [7, 11) is 0. The number of aromatic hydroxyl groups is 2. The number of nitrogens with zero attached hydrogens (tertiary/aromatic N) is 2. The van der Waals surface area contributed by atoms with Crippen molar-refractivity contribution in [2.45, 2.75) is 13.8 Å². The zero-order chi connectivity index (χ0) is 15.9. The van der Waals surface area contributed by atoms with Crippen LogP contribution < -0.4 is 0 Å². The molecule has 0 bridgehead atoms. The van der Waals surface area contributed by atoms with Gasteiger partial charge in [0.2, 0.25) is 0 Å². The van der Waals surface area contributed by atoms with Gasteiger partial charge in [-0.05, 0) is 38.1 Å². The minimum atomic E-state index is 0. The first kappa shape index (κ1) is 18.9. The van der Waals surface area contributed by atoms with Crippen molar-refractivity contribution in [3.63, 3.8) is 0 Å². The fourth-order valence-corrected chi connectivity index (χ4v) is 2.00. The minimum Gasteiger partial charge on any atom is -0.507 e. The van der Waals surface area contributed by atoms with Crippen LogP contribution in [0.15, 0.2) is 46.4 Å². The van der Waals surface area contributed by atoms with Gasteiger partial charge in [0.05, 0.1) is 13.1 Å². The van der Waals surface area contributed by atoms with Crippen molar-refractivity contribution in [2.24, 2.45) is 9.98 Å². The van der Waals surface area contributed by atoms with Crippen LogP contribution in [0.25, 0.3) is 0 Å². The summed E-state index contributed by atoms with van der Waals surface area (Å²) in [5.41, 5.74) is 3.57. The van der Waals surface area contributed by atoms with Gasteiger partial charge in [-0.15, -0.1) is 0 Å². The molecule has 5 heteroatoms. The summed E-state index contributed by atoms with van der Waals surface area (Å²) in [6, 6.07) is 10.8. The van der Waals surface area contributed by atoms with Gasteiger partial charge in [0.1, 0.15) is 11.5 Å². The number of rotatable bonds is 5. The van der Waals surface area contributed by atoms with Crippen LogP contribution in [0.1, 0.15) is 22.3 Å². The summed E-state index contributed by atoms with van der Waals surface area (Å²) < 4.78 is 0. The fourth-order valence-electron chi connectivity index (χ4n) is 2.00. The summed E-state index contributed by atoms with van der Waals surface area (Å²) >= 11 is 0. The van der Waals surface area contributed by atoms with Crippen molar-refractivity contribution in [1.82, 2.24) is 0 Å². The van der Waals surface area contributed by atoms with Gasteiger partial charge in [-0.25, -0.2) is 0 Å². The van der Waals surface area contributed by atoms with E-state index in [1.54, 1.807) is 24.6 Å². The Morgan fingerprint density at radius 3 is 1.57 bits per heavy atom. The van der Waals surface area contributed by atoms with E-state index in [-0.39, 0.29) is 28.6 Å². The average Bonchev–Trinajstić information content (AvgIpc) is 2.49. The zero-order valence-electron chi connectivity index (χ0n) is 13.1. The second-order valence-electron chi connectivity index (χ2n) is 5.20. The maximum Gasteiger partial charge on any atom is 0.124 e. The Kier molecular flexibility index (Phi) is 7.52. The first-order valence-corrected chi connectivity index (χ1v) is 7.15. The molecule has 23 heavy (non-hydrogen) atoms. The predicted octanol–water partition coefficient (Wildman–Crippen LogP) is 3.25. The summed E-state index contributed by atoms with van der Waals surface area (Å²) in [5, 5.41) is 19.4. The second-order valence-corrected chi connectivity index (χ2v) is 5.20. The molecule has 0 heterocycles. The van der Waals surface area contributed by atoms with Crippen molar-refractivity contribution in [3.05, 3.63) is 58.7 Å².